The van der Waals surface area contributed by atoms with E-state index in [1.165, 1.54) is 28.8 Å². The van der Waals surface area contributed by atoms with Crippen molar-refractivity contribution in [3.63, 3.8) is 0 Å². The van der Waals surface area contributed by atoms with Crippen LogP contribution >= 0.6 is 23.4 Å². The fraction of sp³-hybridized carbons (Fsp3) is 0.300. The maximum atomic E-state index is 13.1. The molecule has 1 spiro atoms. The van der Waals surface area contributed by atoms with E-state index in [1.807, 2.05) is 12.1 Å². The highest BCUT2D eigenvalue weighted by atomic mass is 35.5. The van der Waals surface area contributed by atoms with Crippen LogP contribution in [-0.4, -0.2) is 30.3 Å². The Morgan fingerprint density at radius 3 is 2.29 bits per heavy atom. The van der Waals surface area contributed by atoms with Crippen LogP contribution < -0.4 is 0 Å². The lowest BCUT2D eigenvalue weighted by atomic mass is 9.84. The SMILES string of the molecule is C=C.O=C(CCCN1CCC2(CC1)SC(c1ccccc1Cl)c1ccccc12)c1ccc(F)cc1. The summed E-state index contributed by atoms with van der Waals surface area (Å²) >= 11 is 8.65. The van der Waals surface area contributed by atoms with Gasteiger partial charge < -0.3 is 4.90 Å². The number of benzene rings is 3. The number of piperidine rings is 1. The van der Waals surface area contributed by atoms with E-state index in [-0.39, 0.29) is 21.6 Å². The molecule has 182 valence electrons. The molecule has 1 fully saturated rings. The van der Waals surface area contributed by atoms with Gasteiger partial charge >= 0.3 is 0 Å². The quantitative estimate of drug-likeness (QED) is 0.248. The van der Waals surface area contributed by atoms with E-state index in [0.717, 1.165) is 43.9 Å². The number of halogens is 2. The molecule has 0 aromatic heterocycles. The van der Waals surface area contributed by atoms with Crippen molar-refractivity contribution < 1.29 is 9.18 Å². The lowest BCUT2D eigenvalue weighted by Gasteiger charge is -2.40. The minimum absolute atomic E-state index is 0.0892. The van der Waals surface area contributed by atoms with Gasteiger partial charge in [-0.05, 0) is 85.9 Å². The van der Waals surface area contributed by atoms with Gasteiger partial charge in [0.25, 0.3) is 0 Å². The third kappa shape index (κ3) is 5.55. The number of thioether (sulfide) groups is 1. The Morgan fingerprint density at radius 2 is 1.60 bits per heavy atom. The summed E-state index contributed by atoms with van der Waals surface area (Å²) in [7, 11) is 0. The molecule has 0 N–H and O–H groups in total. The van der Waals surface area contributed by atoms with Crippen LogP contribution in [0.4, 0.5) is 4.39 Å². The predicted octanol–water partition coefficient (Wildman–Crippen LogP) is 8.07. The molecule has 1 atom stereocenters. The number of ketones is 1. The van der Waals surface area contributed by atoms with Gasteiger partial charge in [0, 0.05) is 21.8 Å². The number of fused-ring (bicyclic) bond motifs is 2. The van der Waals surface area contributed by atoms with Crippen LogP contribution in [-0.2, 0) is 4.75 Å². The van der Waals surface area contributed by atoms with Gasteiger partial charge in [0.2, 0.25) is 0 Å². The fourth-order valence-corrected chi connectivity index (χ4v) is 7.34. The molecule has 5 rings (SSSR count). The number of hydrogen-bond donors (Lipinski definition) is 0. The molecule has 0 aliphatic carbocycles. The second-order valence-electron chi connectivity index (χ2n) is 8.98. The van der Waals surface area contributed by atoms with E-state index in [4.69, 9.17) is 11.6 Å². The van der Waals surface area contributed by atoms with E-state index < -0.39 is 0 Å². The van der Waals surface area contributed by atoms with Crippen LogP contribution in [0.5, 0.6) is 0 Å². The molecule has 2 aliphatic heterocycles. The van der Waals surface area contributed by atoms with Crippen LogP contribution in [0.15, 0.2) is 86.0 Å². The first-order chi connectivity index (χ1) is 17.1. The van der Waals surface area contributed by atoms with Crippen molar-refractivity contribution in [3.05, 3.63) is 119 Å². The van der Waals surface area contributed by atoms with E-state index in [2.05, 4.69) is 66.2 Å². The first-order valence-corrected chi connectivity index (χ1v) is 13.3. The van der Waals surface area contributed by atoms with Gasteiger partial charge in [0.15, 0.2) is 5.78 Å². The monoisotopic (exact) mass is 507 g/mol. The zero-order valence-electron chi connectivity index (χ0n) is 19.9. The van der Waals surface area contributed by atoms with Crippen molar-refractivity contribution in [1.29, 1.82) is 0 Å². The zero-order chi connectivity index (χ0) is 24.8. The molecule has 1 saturated heterocycles. The number of hydrogen-bond acceptors (Lipinski definition) is 3. The standard InChI is InChI=1S/C28H27ClFNOS.C2H4/c29-25-9-4-2-7-23(25)27-22-6-1-3-8-24(22)28(33-27)15-18-31(19-16-28)17-5-10-26(32)20-11-13-21(30)14-12-20;1-2/h1-4,6-9,11-14,27H,5,10,15-19H2;1-2H2. The van der Waals surface area contributed by atoms with Gasteiger partial charge in [-0.2, -0.15) is 0 Å². The van der Waals surface area contributed by atoms with E-state index in [1.54, 1.807) is 12.1 Å². The Balaban J connectivity index is 0.00000141. The Bertz CT molecular complexity index is 1160. The number of likely N-dealkylation sites (tertiary alicyclic amines) is 1. The van der Waals surface area contributed by atoms with Gasteiger partial charge in [-0.15, -0.1) is 24.9 Å². The number of Topliss-reactive ketones (excluding diaryl/α,β-unsaturated/α-hetero) is 1. The summed E-state index contributed by atoms with van der Waals surface area (Å²) in [5, 5.41) is 1.11. The summed E-state index contributed by atoms with van der Waals surface area (Å²) in [6.07, 6.45) is 3.53. The largest absolute Gasteiger partial charge is 0.303 e. The van der Waals surface area contributed by atoms with Gasteiger partial charge in [0.05, 0.1) is 5.25 Å². The lowest BCUT2D eigenvalue weighted by Crippen LogP contribution is -2.40. The molecule has 1 unspecified atom stereocenters. The van der Waals surface area contributed by atoms with Gasteiger partial charge in [-0.1, -0.05) is 54.1 Å². The third-order valence-electron chi connectivity index (χ3n) is 6.97. The number of rotatable bonds is 6. The van der Waals surface area contributed by atoms with E-state index in [0.29, 0.717) is 12.0 Å². The molecule has 2 heterocycles. The summed E-state index contributed by atoms with van der Waals surface area (Å²) in [6.45, 7) is 8.98. The maximum absolute atomic E-state index is 13.1. The summed E-state index contributed by atoms with van der Waals surface area (Å²) < 4.78 is 13.2. The molecule has 35 heavy (non-hydrogen) atoms. The molecule has 2 aliphatic rings. The van der Waals surface area contributed by atoms with Crippen molar-refractivity contribution in [2.45, 2.75) is 35.7 Å². The minimum atomic E-state index is -0.308. The smallest absolute Gasteiger partial charge is 0.162 e. The van der Waals surface area contributed by atoms with Crippen LogP contribution in [0.2, 0.25) is 5.02 Å². The third-order valence-corrected chi connectivity index (χ3v) is 9.14. The first-order valence-electron chi connectivity index (χ1n) is 12.1. The van der Waals surface area contributed by atoms with Crippen LogP contribution in [0.3, 0.4) is 0 Å². The molecule has 3 aromatic rings. The van der Waals surface area contributed by atoms with Crippen molar-refractivity contribution >= 4 is 29.1 Å². The fourth-order valence-electron chi connectivity index (χ4n) is 5.18. The predicted molar refractivity (Wildman–Crippen MR) is 146 cm³/mol. The summed E-state index contributed by atoms with van der Waals surface area (Å²) in [5.41, 5.74) is 4.66. The van der Waals surface area contributed by atoms with Gasteiger partial charge in [-0.3, -0.25) is 4.79 Å². The summed E-state index contributed by atoms with van der Waals surface area (Å²) in [4.78, 5) is 14.9. The van der Waals surface area contributed by atoms with Crippen molar-refractivity contribution in [1.82, 2.24) is 4.90 Å². The minimum Gasteiger partial charge on any atom is -0.303 e. The normalized spacial score (nSPS) is 18.5. The molecule has 0 amide bonds. The van der Waals surface area contributed by atoms with Crippen LogP contribution in [0, 0.1) is 5.82 Å². The number of carbonyl (C=O) groups is 1. The highest BCUT2D eigenvalue weighted by Gasteiger charge is 2.46. The topological polar surface area (TPSA) is 20.3 Å². The maximum Gasteiger partial charge on any atom is 0.162 e. The van der Waals surface area contributed by atoms with Crippen LogP contribution in [0.1, 0.15) is 58.0 Å². The summed E-state index contributed by atoms with van der Waals surface area (Å²) in [5.74, 6) is -0.219. The number of carbonyl (C=O) groups excluding carboxylic acids is 1. The Kier molecular flexibility index (Phi) is 8.48. The van der Waals surface area contributed by atoms with E-state index in [9.17, 15) is 9.18 Å². The molecule has 3 aromatic carbocycles. The second-order valence-corrected chi connectivity index (χ2v) is 10.9. The Morgan fingerprint density at radius 1 is 0.971 bits per heavy atom. The van der Waals surface area contributed by atoms with Crippen molar-refractivity contribution in [2.75, 3.05) is 19.6 Å². The highest BCUT2D eigenvalue weighted by Crippen LogP contribution is 2.61. The van der Waals surface area contributed by atoms with Crippen LogP contribution in [0.25, 0.3) is 0 Å². The average Bonchev–Trinajstić information content (AvgIpc) is 3.21. The van der Waals surface area contributed by atoms with Crippen molar-refractivity contribution in [3.8, 4) is 0 Å². The summed E-state index contributed by atoms with van der Waals surface area (Å²) in [6, 6.07) is 22.9. The first kappa shape index (κ1) is 25.7. The average molecular weight is 508 g/mol. The number of nitrogens with zero attached hydrogens (tertiary/aromatic N) is 1. The van der Waals surface area contributed by atoms with E-state index >= 15 is 0 Å². The highest BCUT2D eigenvalue weighted by molar-refractivity contribution is 8.01. The molecule has 0 saturated carbocycles. The zero-order valence-corrected chi connectivity index (χ0v) is 21.5. The second kappa shape index (κ2) is 11.6. The van der Waals surface area contributed by atoms with Gasteiger partial charge in [-0.25, -0.2) is 4.39 Å². The van der Waals surface area contributed by atoms with Gasteiger partial charge in [0.1, 0.15) is 5.82 Å². The Labute approximate surface area is 217 Å². The molecule has 0 bridgehead atoms. The molecular formula is C30H31ClFNOS. The van der Waals surface area contributed by atoms with Crippen molar-refractivity contribution in [2.24, 2.45) is 0 Å². The molecule has 2 nitrogen and oxygen atoms in total. The molecule has 5 heteroatoms. The lowest BCUT2D eigenvalue weighted by molar-refractivity contribution is 0.0971. The Hall–Kier alpha value is -2.40. The molecular weight excluding hydrogens is 477 g/mol. The molecule has 0 radical (unpaired) electrons.